The number of carbonyl (C=O) groups is 2. The molecule has 0 aliphatic carbocycles. The van der Waals surface area contributed by atoms with Crippen LogP contribution in [-0.2, 0) is 19.1 Å². The Bertz CT molecular complexity index is 360. The van der Waals surface area contributed by atoms with Crippen molar-refractivity contribution < 1.29 is 19.1 Å². The maximum Gasteiger partial charge on any atom is 0.306 e. The number of esters is 2. The van der Waals surface area contributed by atoms with Gasteiger partial charge in [-0.3, -0.25) is 9.59 Å². The number of carbonyl (C=O) groups excluding carboxylic acids is 2. The summed E-state index contributed by atoms with van der Waals surface area (Å²) in [6.45, 7) is 8.18. The Morgan fingerprint density at radius 1 is 0.750 bits per heavy atom. The summed E-state index contributed by atoms with van der Waals surface area (Å²) >= 11 is 0. The molecule has 0 bridgehead atoms. The molecule has 0 spiro atoms. The lowest BCUT2D eigenvalue weighted by molar-refractivity contribution is -0.154. The quantitative estimate of drug-likeness (QED) is 0.345. The second-order valence-corrected chi connectivity index (χ2v) is 5.81. The molecular formula is C20H34O4. The molecule has 0 amide bonds. The van der Waals surface area contributed by atoms with Crippen LogP contribution in [-0.4, -0.2) is 24.1 Å². The highest BCUT2D eigenvalue weighted by Gasteiger charge is 2.15. The Morgan fingerprint density at radius 3 is 1.42 bits per heavy atom. The highest BCUT2D eigenvalue weighted by atomic mass is 16.5. The summed E-state index contributed by atoms with van der Waals surface area (Å²) in [6, 6.07) is 0. The highest BCUT2D eigenvalue weighted by molar-refractivity contribution is 5.78. The molecule has 0 aliphatic heterocycles. The smallest absolute Gasteiger partial charge is 0.306 e. The highest BCUT2D eigenvalue weighted by Crippen LogP contribution is 2.10. The monoisotopic (exact) mass is 338 g/mol. The first-order valence-electron chi connectivity index (χ1n) is 9.29. The van der Waals surface area contributed by atoms with Gasteiger partial charge in [0, 0.05) is 0 Å². The Hall–Kier alpha value is -1.58. The first-order chi connectivity index (χ1) is 11.6. The van der Waals surface area contributed by atoms with Crippen molar-refractivity contribution in [2.24, 2.45) is 0 Å². The fourth-order valence-electron chi connectivity index (χ4n) is 2.19. The number of rotatable bonds is 13. The fourth-order valence-corrected chi connectivity index (χ4v) is 2.19. The number of allylic oxidation sites excluding steroid dienone is 2. The molecular weight excluding hydrogens is 304 g/mol. The number of ether oxygens (including phenoxy) is 2. The van der Waals surface area contributed by atoms with Crippen LogP contribution >= 0.6 is 0 Å². The molecule has 0 fully saturated rings. The SMILES string of the molecule is CC/C=C/C(CCC)OC(=O)CCC(=O)OC(/C=C/CC)CCC. The molecule has 4 heteroatoms. The summed E-state index contributed by atoms with van der Waals surface area (Å²) in [7, 11) is 0. The van der Waals surface area contributed by atoms with E-state index in [9.17, 15) is 9.59 Å². The Balaban J connectivity index is 4.28. The van der Waals surface area contributed by atoms with E-state index in [2.05, 4.69) is 13.8 Å². The summed E-state index contributed by atoms with van der Waals surface area (Å²) in [6.07, 6.45) is 12.9. The maximum absolute atomic E-state index is 11.9. The molecule has 0 N–H and O–H groups in total. The molecule has 0 aliphatic rings. The Morgan fingerprint density at radius 2 is 1.12 bits per heavy atom. The average molecular weight is 338 g/mol. The van der Waals surface area contributed by atoms with E-state index in [0.717, 1.165) is 38.5 Å². The fraction of sp³-hybridized carbons (Fsp3) is 0.700. The van der Waals surface area contributed by atoms with Gasteiger partial charge in [0.15, 0.2) is 0 Å². The van der Waals surface area contributed by atoms with Gasteiger partial charge in [-0.15, -0.1) is 0 Å². The van der Waals surface area contributed by atoms with Crippen molar-refractivity contribution in [2.75, 3.05) is 0 Å². The number of hydrogen-bond acceptors (Lipinski definition) is 4. The predicted molar refractivity (Wildman–Crippen MR) is 97.7 cm³/mol. The van der Waals surface area contributed by atoms with E-state index in [1.165, 1.54) is 0 Å². The van der Waals surface area contributed by atoms with Crippen LogP contribution in [0.25, 0.3) is 0 Å². The second kappa shape index (κ2) is 15.0. The minimum absolute atomic E-state index is 0.0648. The summed E-state index contributed by atoms with van der Waals surface area (Å²) in [5.74, 6) is -0.690. The third kappa shape index (κ3) is 11.9. The maximum atomic E-state index is 11.9. The molecule has 0 radical (unpaired) electrons. The van der Waals surface area contributed by atoms with Crippen molar-refractivity contribution in [3.63, 3.8) is 0 Å². The molecule has 0 saturated carbocycles. The van der Waals surface area contributed by atoms with E-state index in [-0.39, 0.29) is 37.0 Å². The van der Waals surface area contributed by atoms with Gasteiger partial charge < -0.3 is 9.47 Å². The van der Waals surface area contributed by atoms with Crippen molar-refractivity contribution in [3.05, 3.63) is 24.3 Å². The first kappa shape index (κ1) is 22.4. The van der Waals surface area contributed by atoms with Gasteiger partial charge in [0.2, 0.25) is 0 Å². The molecule has 0 saturated heterocycles. The summed E-state index contributed by atoms with van der Waals surface area (Å²) < 4.78 is 10.8. The van der Waals surface area contributed by atoms with Crippen molar-refractivity contribution in [1.82, 2.24) is 0 Å². The Labute approximate surface area is 147 Å². The van der Waals surface area contributed by atoms with Crippen LogP contribution in [0.4, 0.5) is 0 Å². The standard InChI is InChI=1S/C20H34O4/c1-5-9-13-17(11-7-3)23-19(21)15-16-20(22)24-18(12-8-4)14-10-6-2/h9-10,13-14,17-18H,5-8,11-12,15-16H2,1-4H3/b13-9+,14-10+. The zero-order valence-corrected chi connectivity index (χ0v) is 15.8. The van der Waals surface area contributed by atoms with Crippen molar-refractivity contribution in [2.45, 2.75) is 91.3 Å². The van der Waals surface area contributed by atoms with E-state index in [0.29, 0.717) is 0 Å². The van der Waals surface area contributed by atoms with Crippen molar-refractivity contribution in [3.8, 4) is 0 Å². The van der Waals surface area contributed by atoms with Crippen molar-refractivity contribution in [1.29, 1.82) is 0 Å². The molecule has 138 valence electrons. The van der Waals surface area contributed by atoms with Crippen LogP contribution in [0.5, 0.6) is 0 Å². The molecule has 0 heterocycles. The molecule has 2 atom stereocenters. The van der Waals surface area contributed by atoms with Gasteiger partial charge in [0.25, 0.3) is 0 Å². The molecule has 0 aromatic heterocycles. The van der Waals surface area contributed by atoms with E-state index in [4.69, 9.17) is 9.47 Å². The van der Waals surface area contributed by atoms with Gasteiger partial charge in [-0.2, -0.15) is 0 Å². The third-order valence-electron chi connectivity index (χ3n) is 3.42. The van der Waals surface area contributed by atoms with Crippen LogP contribution in [0.1, 0.15) is 79.1 Å². The van der Waals surface area contributed by atoms with Gasteiger partial charge in [-0.1, -0.05) is 52.7 Å². The second-order valence-electron chi connectivity index (χ2n) is 5.81. The molecule has 0 aromatic rings. The van der Waals surface area contributed by atoms with E-state index < -0.39 is 0 Å². The molecule has 0 rings (SSSR count). The molecule has 0 aromatic carbocycles. The molecule has 24 heavy (non-hydrogen) atoms. The summed E-state index contributed by atoms with van der Waals surface area (Å²) in [5, 5.41) is 0. The largest absolute Gasteiger partial charge is 0.458 e. The van der Waals surface area contributed by atoms with E-state index in [1.54, 1.807) is 0 Å². The van der Waals surface area contributed by atoms with Crippen molar-refractivity contribution >= 4 is 11.9 Å². The van der Waals surface area contributed by atoms with Gasteiger partial charge >= 0.3 is 11.9 Å². The van der Waals surface area contributed by atoms with Crippen LogP contribution in [0.15, 0.2) is 24.3 Å². The van der Waals surface area contributed by atoms with Crippen LogP contribution in [0.2, 0.25) is 0 Å². The topological polar surface area (TPSA) is 52.6 Å². The lowest BCUT2D eigenvalue weighted by atomic mass is 10.2. The molecule has 2 unspecified atom stereocenters. The third-order valence-corrected chi connectivity index (χ3v) is 3.42. The first-order valence-corrected chi connectivity index (χ1v) is 9.29. The van der Waals surface area contributed by atoms with Crippen LogP contribution in [0.3, 0.4) is 0 Å². The minimum Gasteiger partial charge on any atom is -0.458 e. The zero-order valence-electron chi connectivity index (χ0n) is 15.8. The van der Waals surface area contributed by atoms with Gasteiger partial charge in [-0.05, 0) is 37.8 Å². The lowest BCUT2D eigenvalue weighted by Crippen LogP contribution is -2.19. The summed E-state index contributed by atoms with van der Waals surface area (Å²) in [4.78, 5) is 23.8. The lowest BCUT2D eigenvalue weighted by Gasteiger charge is -2.15. The minimum atomic E-state index is -0.345. The van der Waals surface area contributed by atoms with Crippen LogP contribution < -0.4 is 0 Å². The van der Waals surface area contributed by atoms with E-state index >= 15 is 0 Å². The zero-order chi connectivity index (χ0) is 18.2. The van der Waals surface area contributed by atoms with Gasteiger partial charge in [-0.25, -0.2) is 0 Å². The number of hydrogen-bond donors (Lipinski definition) is 0. The van der Waals surface area contributed by atoms with Crippen LogP contribution in [0, 0.1) is 0 Å². The normalized spacial score (nSPS) is 14.0. The van der Waals surface area contributed by atoms with Gasteiger partial charge in [0.05, 0.1) is 12.8 Å². The average Bonchev–Trinajstić information content (AvgIpc) is 2.56. The van der Waals surface area contributed by atoms with Gasteiger partial charge in [0.1, 0.15) is 12.2 Å². The predicted octanol–water partition coefficient (Wildman–Crippen LogP) is 5.12. The Kier molecular flexibility index (Phi) is 14.0. The van der Waals surface area contributed by atoms with E-state index in [1.807, 2.05) is 38.2 Å². The molecule has 4 nitrogen and oxygen atoms in total. The summed E-state index contributed by atoms with van der Waals surface area (Å²) in [5.41, 5.74) is 0.